The standard InChI is InChI=1S/C10H13N3/c1-2-9-7-13-5-3-4-8(6-11)10(13)12-9/h3-5,7H,2,6,11H2,1H3. The van der Waals surface area contributed by atoms with E-state index in [9.17, 15) is 0 Å². The van der Waals surface area contributed by atoms with E-state index in [4.69, 9.17) is 5.73 Å². The molecular formula is C10H13N3. The SMILES string of the molecule is CCc1cn2cccc(CN)c2n1. The van der Waals surface area contributed by atoms with Crippen molar-refractivity contribution in [1.82, 2.24) is 9.38 Å². The second-order valence-electron chi connectivity index (χ2n) is 3.05. The van der Waals surface area contributed by atoms with Crippen LogP contribution in [0.3, 0.4) is 0 Å². The molecule has 0 aliphatic carbocycles. The van der Waals surface area contributed by atoms with Gasteiger partial charge in [-0.1, -0.05) is 13.0 Å². The first-order valence-corrected chi connectivity index (χ1v) is 4.50. The summed E-state index contributed by atoms with van der Waals surface area (Å²) in [5.74, 6) is 0. The molecule has 0 atom stereocenters. The molecule has 0 spiro atoms. The highest BCUT2D eigenvalue weighted by atomic mass is 15.0. The summed E-state index contributed by atoms with van der Waals surface area (Å²) in [5, 5.41) is 0. The van der Waals surface area contributed by atoms with Crippen LogP contribution < -0.4 is 5.73 Å². The fourth-order valence-corrected chi connectivity index (χ4v) is 1.45. The van der Waals surface area contributed by atoms with E-state index in [0.29, 0.717) is 6.54 Å². The van der Waals surface area contributed by atoms with E-state index >= 15 is 0 Å². The number of aryl methyl sites for hydroxylation is 1. The van der Waals surface area contributed by atoms with Gasteiger partial charge in [0.2, 0.25) is 0 Å². The van der Waals surface area contributed by atoms with E-state index in [2.05, 4.69) is 18.1 Å². The predicted octanol–water partition coefficient (Wildman–Crippen LogP) is 1.36. The number of hydrogen-bond donors (Lipinski definition) is 1. The van der Waals surface area contributed by atoms with Crippen molar-refractivity contribution >= 4 is 5.65 Å². The van der Waals surface area contributed by atoms with E-state index in [1.165, 1.54) is 0 Å². The second-order valence-corrected chi connectivity index (χ2v) is 3.05. The van der Waals surface area contributed by atoms with Crippen molar-refractivity contribution in [1.29, 1.82) is 0 Å². The Bertz CT molecular complexity index is 417. The van der Waals surface area contributed by atoms with Gasteiger partial charge in [-0.25, -0.2) is 4.98 Å². The van der Waals surface area contributed by atoms with Crippen molar-refractivity contribution in [2.45, 2.75) is 19.9 Å². The number of aromatic nitrogens is 2. The van der Waals surface area contributed by atoms with Gasteiger partial charge in [-0.15, -0.1) is 0 Å². The second kappa shape index (κ2) is 3.18. The average molecular weight is 175 g/mol. The zero-order chi connectivity index (χ0) is 9.26. The molecule has 0 aromatic carbocycles. The monoisotopic (exact) mass is 175 g/mol. The van der Waals surface area contributed by atoms with E-state index in [0.717, 1.165) is 23.3 Å². The van der Waals surface area contributed by atoms with Gasteiger partial charge in [0.25, 0.3) is 0 Å². The predicted molar refractivity (Wildman–Crippen MR) is 52.5 cm³/mol. The van der Waals surface area contributed by atoms with Gasteiger partial charge in [-0.3, -0.25) is 0 Å². The summed E-state index contributed by atoms with van der Waals surface area (Å²) in [6, 6.07) is 4.01. The minimum absolute atomic E-state index is 0.546. The lowest BCUT2D eigenvalue weighted by atomic mass is 10.3. The Kier molecular flexibility index (Phi) is 2.02. The van der Waals surface area contributed by atoms with Crippen molar-refractivity contribution < 1.29 is 0 Å². The molecule has 2 aromatic rings. The van der Waals surface area contributed by atoms with E-state index in [1.54, 1.807) is 0 Å². The maximum atomic E-state index is 5.61. The smallest absolute Gasteiger partial charge is 0.141 e. The zero-order valence-corrected chi connectivity index (χ0v) is 7.70. The molecule has 0 amide bonds. The molecule has 0 aliphatic rings. The zero-order valence-electron chi connectivity index (χ0n) is 7.70. The number of nitrogens with zero attached hydrogens (tertiary/aromatic N) is 2. The Morgan fingerprint density at radius 2 is 2.38 bits per heavy atom. The largest absolute Gasteiger partial charge is 0.326 e. The molecule has 0 saturated carbocycles. The molecule has 0 aliphatic heterocycles. The molecule has 0 unspecified atom stereocenters. The lowest BCUT2D eigenvalue weighted by Gasteiger charge is -1.97. The number of rotatable bonds is 2. The molecule has 13 heavy (non-hydrogen) atoms. The summed E-state index contributed by atoms with van der Waals surface area (Å²) in [6.07, 6.45) is 5.01. The minimum atomic E-state index is 0.546. The molecule has 3 nitrogen and oxygen atoms in total. The highest BCUT2D eigenvalue weighted by Gasteiger charge is 2.02. The highest BCUT2D eigenvalue weighted by molar-refractivity contribution is 5.48. The maximum absolute atomic E-state index is 5.61. The first-order valence-electron chi connectivity index (χ1n) is 4.50. The maximum Gasteiger partial charge on any atom is 0.141 e. The lowest BCUT2D eigenvalue weighted by Crippen LogP contribution is -1.99. The number of pyridine rings is 1. The summed E-state index contributed by atoms with van der Waals surface area (Å²) in [6.45, 7) is 2.65. The quantitative estimate of drug-likeness (QED) is 0.748. The van der Waals surface area contributed by atoms with E-state index in [-0.39, 0.29) is 0 Å². The van der Waals surface area contributed by atoms with Gasteiger partial charge in [-0.05, 0) is 12.5 Å². The van der Waals surface area contributed by atoms with Gasteiger partial charge < -0.3 is 10.1 Å². The van der Waals surface area contributed by atoms with Crippen molar-refractivity contribution in [3.63, 3.8) is 0 Å². The third-order valence-electron chi connectivity index (χ3n) is 2.20. The van der Waals surface area contributed by atoms with Crippen LogP contribution in [-0.4, -0.2) is 9.38 Å². The summed E-state index contributed by atoms with van der Waals surface area (Å²) >= 11 is 0. The summed E-state index contributed by atoms with van der Waals surface area (Å²) in [5.41, 5.74) is 8.81. The Balaban J connectivity index is 2.67. The molecule has 0 saturated heterocycles. The highest BCUT2D eigenvalue weighted by Crippen LogP contribution is 2.10. The lowest BCUT2D eigenvalue weighted by molar-refractivity contribution is 1.04. The molecule has 0 fully saturated rings. The summed E-state index contributed by atoms with van der Waals surface area (Å²) in [4.78, 5) is 4.48. The summed E-state index contributed by atoms with van der Waals surface area (Å²) < 4.78 is 2.03. The van der Waals surface area contributed by atoms with Gasteiger partial charge in [0.15, 0.2) is 0 Å². The fraction of sp³-hybridized carbons (Fsp3) is 0.300. The van der Waals surface area contributed by atoms with Crippen molar-refractivity contribution in [2.75, 3.05) is 0 Å². The van der Waals surface area contributed by atoms with Crippen LogP contribution >= 0.6 is 0 Å². The topological polar surface area (TPSA) is 43.3 Å². The van der Waals surface area contributed by atoms with Gasteiger partial charge in [0.05, 0.1) is 5.69 Å². The first kappa shape index (κ1) is 8.26. The number of hydrogen-bond acceptors (Lipinski definition) is 2. The Labute approximate surface area is 77.2 Å². The molecule has 0 bridgehead atoms. The molecule has 2 heterocycles. The van der Waals surface area contributed by atoms with Gasteiger partial charge in [0, 0.05) is 24.5 Å². The van der Waals surface area contributed by atoms with E-state index < -0.39 is 0 Å². The van der Waals surface area contributed by atoms with Crippen LogP contribution in [0.15, 0.2) is 24.5 Å². The fourth-order valence-electron chi connectivity index (χ4n) is 1.45. The molecular weight excluding hydrogens is 162 g/mol. The Morgan fingerprint density at radius 3 is 3.08 bits per heavy atom. The van der Waals surface area contributed by atoms with Crippen LogP contribution in [0.25, 0.3) is 5.65 Å². The van der Waals surface area contributed by atoms with Crippen molar-refractivity contribution in [3.8, 4) is 0 Å². The Morgan fingerprint density at radius 1 is 1.54 bits per heavy atom. The Hall–Kier alpha value is -1.35. The van der Waals surface area contributed by atoms with Crippen LogP contribution in [0.5, 0.6) is 0 Å². The van der Waals surface area contributed by atoms with Crippen LogP contribution in [0.4, 0.5) is 0 Å². The number of fused-ring (bicyclic) bond motifs is 1. The van der Waals surface area contributed by atoms with Crippen molar-refractivity contribution in [2.24, 2.45) is 5.73 Å². The first-order chi connectivity index (χ1) is 6.35. The molecule has 2 N–H and O–H groups in total. The van der Waals surface area contributed by atoms with Crippen molar-refractivity contribution in [3.05, 3.63) is 35.8 Å². The molecule has 68 valence electrons. The van der Waals surface area contributed by atoms with Gasteiger partial charge in [-0.2, -0.15) is 0 Å². The molecule has 3 heteroatoms. The van der Waals surface area contributed by atoms with Crippen LogP contribution in [0.2, 0.25) is 0 Å². The number of nitrogens with two attached hydrogens (primary N) is 1. The van der Waals surface area contributed by atoms with Crippen LogP contribution in [0, 0.1) is 0 Å². The van der Waals surface area contributed by atoms with Crippen LogP contribution in [-0.2, 0) is 13.0 Å². The molecule has 2 rings (SSSR count). The summed E-state index contributed by atoms with van der Waals surface area (Å²) in [7, 11) is 0. The average Bonchev–Trinajstić information content (AvgIpc) is 2.59. The van der Waals surface area contributed by atoms with Gasteiger partial charge in [0.1, 0.15) is 5.65 Å². The van der Waals surface area contributed by atoms with Gasteiger partial charge >= 0.3 is 0 Å². The third-order valence-corrected chi connectivity index (χ3v) is 2.20. The third kappa shape index (κ3) is 1.31. The van der Waals surface area contributed by atoms with Crippen LogP contribution in [0.1, 0.15) is 18.2 Å². The molecule has 0 radical (unpaired) electrons. The molecule has 2 aromatic heterocycles. The normalized spacial score (nSPS) is 10.9. The number of imidazole rings is 1. The van der Waals surface area contributed by atoms with E-state index in [1.807, 2.05) is 22.7 Å². The minimum Gasteiger partial charge on any atom is -0.326 e.